The lowest BCUT2D eigenvalue weighted by Crippen LogP contribution is -2.38. The lowest BCUT2D eigenvalue weighted by atomic mass is 10.2. The van der Waals surface area contributed by atoms with E-state index in [-0.39, 0.29) is 5.56 Å². The van der Waals surface area contributed by atoms with Crippen LogP contribution in [0.15, 0.2) is 23.1 Å². The van der Waals surface area contributed by atoms with Crippen molar-refractivity contribution in [2.45, 2.75) is 17.9 Å². The predicted molar refractivity (Wildman–Crippen MR) is 67.8 cm³/mol. The van der Waals surface area contributed by atoms with Gasteiger partial charge in [0.15, 0.2) is 0 Å². The maximum atomic E-state index is 11.8. The van der Waals surface area contributed by atoms with Crippen molar-refractivity contribution in [2.75, 3.05) is 6.26 Å². The Labute approximate surface area is 108 Å². The Morgan fingerprint density at radius 2 is 2.12 bits per heavy atom. The van der Waals surface area contributed by atoms with Crippen LogP contribution in [0.1, 0.15) is 17.3 Å². The Hall–Kier alpha value is -1.20. The lowest BCUT2D eigenvalue weighted by Gasteiger charge is -2.11. The van der Waals surface area contributed by atoms with Gasteiger partial charge in [-0.25, -0.2) is 0 Å². The number of halogens is 1. The number of hydrogen-bond acceptors (Lipinski definition) is 3. The lowest BCUT2D eigenvalue weighted by molar-refractivity contribution is -0.138. The van der Waals surface area contributed by atoms with Crippen molar-refractivity contribution in [3.63, 3.8) is 0 Å². The van der Waals surface area contributed by atoms with Gasteiger partial charge in [-0.15, -0.1) is 11.8 Å². The first-order valence-electron chi connectivity index (χ1n) is 4.83. The predicted octanol–water partition coefficient (Wildman–Crippen LogP) is 2.26. The van der Waals surface area contributed by atoms with Crippen LogP contribution < -0.4 is 5.32 Å². The summed E-state index contributed by atoms with van der Waals surface area (Å²) in [6, 6.07) is 4.10. The Balaban J connectivity index is 2.91. The van der Waals surface area contributed by atoms with Crippen LogP contribution in [0.5, 0.6) is 0 Å². The van der Waals surface area contributed by atoms with Crippen LogP contribution in [-0.2, 0) is 4.79 Å². The molecule has 0 saturated heterocycles. The zero-order valence-electron chi connectivity index (χ0n) is 9.36. The molecule has 0 bridgehead atoms. The molecular formula is C11H12ClNO3S. The number of rotatable bonds is 4. The summed E-state index contributed by atoms with van der Waals surface area (Å²) in [5.41, 5.74) is 0.284. The summed E-state index contributed by atoms with van der Waals surface area (Å²) < 4.78 is 0. The first-order valence-corrected chi connectivity index (χ1v) is 6.43. The van der Waals surface area contributed by atoms with E-state index in [0.29, 0.717) is 5.02 Å². The second-order valence-corrected chi connectivity index (χ2v) is 4.67. The van der Waals surface area contributed by atoms with Crippen LogP contribution in [0.2, 0.25) is 5.02 Å². The number of hydrogen-bond donors (Lipinski definition) is 2. The van der Waals surface area contributed by atoms with Crippen LogP contribution in [0.3, 0.4) is 0 Å². The third kappa shape index (κ3) is 3.64. The summed E-state index contributed by atoms with van der Waals surface area (Å²) in [5.74, 6) is -1.57. The number of carboxylic acids is 1. The number of benzene rings is 1. The summed E-state index contributed by atoms with van der Waals surface area (Å²) in [4.78, 5) is 23.3. The normalized spacial score (nSPS) is 11.9. The molecule has 0 aliphatic carbocycles. The van der Waals surface area contributed by atoms with Crippen LogP contribution in [0, 0.1) is 0 Å². The molecule has 0 aliphatic heterocycles. The van der Waals surface area contributed by atoms with Gasteiger partial charge in [-0.2, -0.15) is 0 Å². The molecule has 1 amide bonds. The highest BCUT2D eigenvalue weighted by atomic mass is 35.5. The minimum Gasteiger partial charge on any atom is -0.480 e. The fourth-order valence-electron chi connectivity index (χ4n) is 1.14. The molecule has 0 unspecified atom stereocenters. The van der Waals surface area contributed by atoms with Gasteiger partial charge in [-0.05, 0) is 31.4 Å². The molecule has 0 heterocycles. The molecule has 4 nitrogen and oxygen atoms in total. The first kappa shape index (κ1) is 13.9. The van der Waals surface area contributed by atoms with Crippen molar-refractivity contribution in [2.24, 2.45) is 0 Å². The number of aliphatic carboxylic acids is 1. The molecule has 0 spiro atoms. The van der Waals surface area contributed by atoms with Crippen molar-refractivity contribution < 1.29 is 14.7 Å². The zero-order chi connectivity index (χ0) is 13.0. The summed E-state index contributed by atoms with van der Waals surface area (Å²) in [5, 5.41) is 11.4. The first-order chi connectivity index (χ1) is 7.95. The minimum absolute atomic E-state index is 0.284. The Kier molecular flexibility index (Phi) is 4.84. The highest BCUT2D eigenvalue weighted by molar-refractivity contribution is 7.98. The van der Waals surface area contributed by atoms with Crippen molar-refractivity contribution in [1.29, 1.82) is 0 Å². The largest absolute Gasteiger partial charge is 0.480 e. The fourth-order valence-corrected chi connectivity index (χ4v) is 1.78. The van der Waals surface area contributed by atoms with Gasteiger partial charge in [-0.1, -0.05) is 11.6 Å². The van der Waals surface area contributed by atoms with E-state index in [0.717, 1.165) is 4.90 Å². The average Bonchev–Trinajstić information content (AvgIpc) is 2.29. The van der Waals surface area contributed by atoms with E-state index < -0.39 is 17.9 Å². The number of carboxylic acid groups (broad SMARTS) is 1. The fraction of sp³-hybridized carbons (Fsp3) is 0.273. The highest BCUT2D eigenvalue weighted by Gasteiger charge is 2.17. The van der Waals surface area contributed by atoms with Gasteiger partial charge in [0.25, 0.3) is 5.91 Å². The molecule has 6 heteroatoms. The molecule has 1 rings (SSSR count). The molecule has 0 fully saturated rings. The highest BCUT2D eigenvalue weighted by Crippen LogP contribution is 2.22. The Morgan fingerprint density at radius 3 is 2.65 bits per heavy atom. The Morgan fingerprint density at radius 1 is 1.47 bits per heavy atom. The van der Waals surface area contributed by atoms with E-state index in [1.807, 2.05) is 6.26 Å². The van der Waals surface area contributed by atoms with Gasteiger partial charge in [0, 0.05) is 4.90 Å². The molecule has 0 radical (unpaired) electrons. The topological polar surface area (TPSA) is 66.4 Å². The summed E-state index contributed by atoms with van der Waals surface area (Å²) >= 11 is 7.37. The van der Waals surface area contributed by atoms with E-state index >= 15 is 0 Å². The maximum absolute atomic E-state index is 11.8. The number of amides is 1. The third-order valence-corrected chi connectivity index (χ3v) is 3.19. The van der Waals surface area contributed by atoms with Gasteiger partial charge in [0.2, 0.25) is 0 Å². The molecule has 92 valence electrons. The van der Waals surface area contributed by atoms with Crippen molar-refractivity contribution in [3.05, 3.63) is 28.8 Å². The van der Waals surface area contributed by atoms with Gasteiger partial charge >= 0.3 is 5.97 Å². The third-order valence-electron chi connectivity index (χ3n) is 2.14. The minimum atomic E-state index is -1.09. The van der Waals surface area contributed by atoms with Crippen molar-refractivity contribution >= 4 is 35.2 Å². The maximum Gasteiger partial charge on any atom is 0.325 e. The van der Waals surface area contributed by atoms with Gasteiger partial charge in [-0.3, -0.25) is 9.59 Å². The van der Waals surface area contributed by atoms with Gasteiger partial charge < -0.3 is 10.4 Å². The molecule has 17 heavy (non-hydrogen) atoms. The number of carbonyl (C=O) groups excluding carboxylic acids is 1. The van der Waals surface area contributed by atoms with E-state index in [2.05, 4.69) is 5.32 Å². The number of carbonyl (C=O) groups is 2. The van der Waals surface area contributed by atoms with Gasteiger partial charge in [0.05, 0.1) is 10.6 Å². The summed E-state index contributed by atoms with van der Waals surface area (Å²) in [7, 11) is 0. The van der Waals surface area contributed by atoms with Crippen LogP contribution in [0.25, 0.3) is 0 Å². The van der Waals surface area contributed by atoms with Crippen LogP contribution in [-0.4, -0.2) is 29.3 Å². The number of thioether (sulfide) groups is 1. The molecule has 1 atom stereocenters. The average molecular weight is 274 g/mol. The monoisotopic (exact) mass is 273 g/mol. The molecule has 1 aromatic carbocycles. The van der Waals surface area contributed by atoms with Crippen LogP contribution >= 0.6 is 23.4 Å². The smallest absolute Gasteiger partial charge is 0.325 e. The molecule has 1 aromatic rings. The molecular weight excluding hydrogens is 262 g/mol. The molecule has 0 aliphatic rings. The Bertz CT molecular complexity index is 450. The second-order valence-electron chi connectivity index (χ2n) is 3.38. The van der Waals surface area contributed by atoms with E-state index in [1.165, 1.54) is 18.7 Å². The van der Waals surface area contributed by atoms with E-state index in [9.17, 15) is 9.59 Å². The van der Waals surface area contributed by atoms with E-state index in [1.54, 1.807) is 18.2 Å². The number of nitrogens with one attached hydrogen (secondary N) is 1. The van der Waals surface area contributed by atoms with Crippen molar-refractivity contribution in [1.82, 2.24) is 5.32 Å². The SMILES string of the molecule is CSc1ccc(Cl)c(C(=O)N[C@@H](C)C(=O)O)c1. The van der Waals surface area contributed by atoms with E-state index in [4.69, 9.17) is 16.7 Å². The molecule has 0 aromatic heterocycles. The second kappa shape index (κ2) is 5.93. The van der Waals surface area contributed by atoms with Gasteiger partial charge in [0.1, 0.15) is 6.04 Å². The summed E-state index contributed by atoms with van der Waals surface area (Å²) in [6.45, 7) is 1.40. The quantitative estimate of drug-likeness (QED) is 0.826. The molecule has 0 saturated carbocycles. The summed E-state index contributed by atoms with van der Waals surface area (Å²) in [6.07, 6.45) is 1.88. The van der Waals surface area contributed by atoms with Crippen molar-refractivity contribution in [3.8, 4) is 0 Å². The van der Waals surface area contributed by atoms with Crippen LogP contribution in [0.4, 0.5) is 0 Å². The zero-order valence-corrected chi connectivity index (χ0v) is 10.9. The molecule has 2 N–H and O–H groups in total. The standard InChI is InChI=1S/C11H12ClNO3S/c1-6(11(15)16)13-10(14)8-5-7(17-2)3-4-9(8)12/h3-6H,1-2H3,(H,13,14)(H,15,16)/t6-/m0/s1.